The molecule has 1 fully saturated rings. The van der Waals surface area contributed by atoms with Crippen molar-refractivity contribution in [2.24, 2.45) is 0 Å². The van der Waals surface area contributed by atoms with Crippen LogP contribution in [0.3, 0.4) is 0 Å². The number of aromatic amines is 2. The Bertz CT molecular complexity index is 1230. The number of carbonyl (C=O) groups is 1. The summed E-state index contributed by atoms with van der Waals surface area (Å²) >= 11 is 6.12. The van der Waals surface area contributed by atoms with E-state index in [2.05, 4.69) is 25.9 Å². The summed E-state index contributed by atoms with van der Waals surface area (Å²) in [6.45, 7) is 2.90. The molecular formula is C23H24ClN5O2. The molecule has 160 valence electrons. The first-order chi connectivity index (χ1) is 15.1. The molecule has 4 heterocycles. The fourth-order valence-corrected chi connectivity index (χ4v) is 4.56. The van der Waals surface area contributed by atoms with Crippen molar-refractivity contribution in [3.8, 4) is 0 Å². The van der Waals surface area contributed by atoms with Crippen molar-refractivity contribution in [2.75, 3.05) is 26.8 Å². The third kappa shape index (κ3) is 3.92. The number of piperazine rings is 1. The van der Waals surface area contributed by atoms with E-state index in [1.165, 1.54) is 0 Å². The smallest absolute Gasteiger partial charge is 0.242 e. The first kappa shape index (κ1) is 20.1. The number of carbonyl (C=O) groups excluding carboxylic acids is 1. The number of halogens is 1. The Labute approximate surface area is 185 Å². The molecule has 1 amide bonds. The van der Waals surface area contributed by atoms with E-state index in [-0.39, 0.29) is 11.9 Å². The van der Waals surface area contributed by atoms with Gasteiger partial charge in [-0.25, -0.2) is 0 Å². The molecule has 0 aliphatic carbocycles. The van der Waals surface area contributed by atoms with Gasteiger partial charge in [0.1, 0.15) is 6.04 Å². The SMILES string of the molecule is COC[C@H]1C(=O)N(Cc2nccc3[nH]ccc23)CCN1Cc1cc2cc(Cl)ccc2[nH]1. The first-order valence-corrected chi connectivity index (χ1v) is 10.7. The van der Waals surface area contributed by atoms with Gasteiger partial charge in [0, 0.05) is 71.7 Å². The van der Waals surface area contributed by atoms with Gasteiger partial charge in [0.2, 0.25) is 5.91 Å². The van der Waals surface area contributed by atoms with Crippen molar-refractivity contribution in [2.45, 2.75) is 19.1 Å². The summed E-state index contributed by atoms with van der Waals surface area (Å²) in [6.07, 6.45) is 3.68. The summed E-state index contributed by atoms with van der Waals surface area (Å²) in [5.74, 6) is 0.0709. The number of hydrogen-bond acceptors (Lipinski definition) is 4. The fourth-order valence-electron chi connectivity index (χ4n) is 4.38. The Hall–Kier alpha value is -2.87. The number of nitrogens with one attached hydrogen (secondary N) is 2. The summed E-state index contributed by atoms with van der Waals surface area (Å²) in [5.41, 5.74) is 4.03. The second kappa shape index (κ2) is 8.34. The lowest BCUT2D eigenvalue weighted by Gasteiger charge is -2.40. The van der Waals surface area contributed by atoms with Crippen LogP contribution in [0, 0.1) is 0 Å². The molecule has 1 saturated heterocycles. The summed E-state index contributed by atoms with van der Waals surface area (Å²) in [5, 5.41) is 2.84. The number of aromatic nitrogens is 3. The normalized spacial score (nSPS) is 17.8. The highest BCUT2D eigenvalue weighted by Crippen LogP contribution is 2.24. The largest absolute Gasteiger partial charge is 0.383 e. The van der Waals surface area contributed by atoms with Crippen LogP contribution < -0.4 is 0 Å². The molecule has 4 aromatic rings. The highest BCUT2D eigenvalue weighted by Gasteiger charge is 2.35. The molecule has 1 aliphatic rings. The molecule has 0 saturated carbocycles. The van der Waals surface area contributed by atoms with Gasteiger partial charge in [-0.05, 0) is 36.4 Å². The van der Waals surface area contributed by atoms with Gasteiger partial charge >= 0.3 is 0 Å². The van der Waals surface area contributed by atoms with E-state index in [4.69, 9.17) is 16.3 Å². The molecule has 1 aromatic carbocycles. The highest BCUT2D eigenvalue weighted by molar-refractivity contribution is 6.31. The molecule has 5 rings (SSSR count). The molecule has 0 spiro atoms. The quantitative estimate of drug-likeness (QED) is 0.483. The zero-order chi connectivity index (χ0) is 21.4. The maximum Gasteiger partial charge on any atom is 0.242 e. The van der Waals surface area contributed by atoms with E-state index < -0.39 is 0 Å². The van der Waals surface area contributed by atoms with Gasteiger partial charge in [-0.3, -0.25) is 14.7 Å². The maximum absolute atomic E-state index is 13.4. The minimum atomic E-state index is -0.334. The van der Waals surface area contributed by atoms with E-state index >= 15 is 0 Å². The summed E-state index contributed by atoms with van der Waals surface area (Å²) in [6, 6.07) is 11.5. The lowest BCUT2D eigenvalue weighted by molar-refractivity contribution is -0.145. The molecule has 1 atom stereocenters. The predicted octanol–water partition coefficient (Wildman–Crippen LogP) is 3.56. The summed E-state index contributed by atoms with van der Waals surface area (Å²) in [4.78, 5) is 28.6. The Morgan fingerprint density at radius 3 is 2.94 bits per heavy atom. The number of nitrogens with zero attached hydrogens (tertiary/aromatic N) is 3. The van der Waals surface area contributed by atoms with Crippen LogP contribution in [0.4, 0.5) is 0 Å². The zero-order valence-electron chi connectivity index (χ0n) is 17.3. The molecule has 0 bridgehead atoms. The fraction of sp³-hybridized carbons (Fsp3) is 0.304. The standard InChI is InChI=1S/C23H24ClN5O2/c1-31-14-22-23(30)29(13-21-18-4-6-25-20(18)5-7-26-21)9-8-28(22)12-17-11-15-10-16(24)2-3-19(15)27-17/h2-7,10-11,22,25,27H,8-9,12-14H2,1H3/t22-/m0/s1. The molecule has 0 unspecified atom stereocenters. The monoisotopic (exact) mass is 437 g/mol. The number of ether oxygens (including phenoxy) is 1. The van der Waals surface area contributed by atoms with E-state index in [1.54, 1.807) is 13.3 Å². The number of rotatable bonds is 6. The van der Waals surface area contributed by atoms with Crippen LogP contribution in [-0.4, -0.2) is 63.5 Å². The van der Waals surface area contributed by atoms with Gasteiger partial charge < -0.3 is 19.6 Å². The summed E-state index contributed by atoms with van der Waals surface area (Å²) < 4.78 is 5.41. The first-order valence-electron chi connectivity index (χ1n) is 10.3. The van der Waals surface area contributed by atoms with Crippen molar-refractivity contribution in [1.29, 1.82) is 0 Å². The van der Waals surface area contributed by atoms with Gasteiger partial charge in [-0.2, -0.15) is 0 Å². The van der Waals surface area contributed by atoms with Crippen LogP contribution in [0.15, 0.2) is 48.8 Å². The number of benzene rings is 1. The Morgan fingerprint density at radius 1 is 1.16 bits per heavy atom. The Morgan fingerprint density at radius 2 is 2.06 bits per heavy atom. The van der Waals surface area contributed by atoms with Crippen molar-refractivity contribution in [3.05, 3.63) is 65.2 Å². The van der Waals surface area contributed by atoms with E-state index in [0.717, 1.165) is 39.7 Å². The molecule has 31 heavy (non-hydrogen) atoms. The van der Waals surface area contributed by atoms with Crippen LogP contribution in [0.1, 0.15) is 11.4 Å². The predicted molar refractivity (Wildman–Crippen MR) is 121 cm³/mol. The van der Waals surface area contributed by atoms with Gasteiger partial charge in [-0.15, -0.1) is 0 Å². The van der Waals surface area contributed by atoms with E-state index in [9.17, 15) is 4.79 Å². The van der Waals surface area contributed by atoms with Crippen LogP contribution in [0.5, 0.6) is 0 Å². The number of amides is 1. The number of methoxy groups -OCH3 is 1. The molecular weight excluding hydrogens is 414 g/mol. The topological polar surface area (TPSA) is 77.2 Å². The summed E-state index contributed by atoms with van der Waals surface area (Å²) in [7, 11) is 1.64. The number of hydrogen-bond donors (Lipinski definition) is 2. The van der Waals surface area contributed by atoms with Gasteiger partial charge in [-0.1, -0.05) is 11.6 Å². The molecule has 2 N–H and O–H groups in total. The highest BCUT2D eigenvalue weighted by atomic mass is 35.5. The lowest BCUT2D eigenvalue weighted by Crippen LogP contribution is -2.57. The third-order valence-corrected chi connectivity index (χ3v) is 6.17. The molecule has 3 aromatic heterocycles. The van der Waals surface area contributed by atoms with Crippen molar-refractivity contribution in [1.82, 2.24) is 24.8 Å². The van der Waals surface area contributed by atoms with Crippen molar-refractivity contribution < 1.29 is 9.53 Å². The average Bonchev–Trinajstić information content (AvgIpc) is 3.39. The second-order valence-electron chi connectivity index (χ2n) is 7.92. The third-order valence-electron chi connectivity index (χ3n) is 5.93. The van der Waals surface area contributed by atoms with Crippen LogP contribution in [0.2, 0.25) is 5.02 Å². The average molecular weight is 438 g/mol. The maximum atomic E-state index is 13.4. The van der Waals surface area contributed by atoms with Crippen LogP contribution >= 0.6 is 11.6 Å². The number of pyridine rings is 1. The number of fused-ring (bicyclic) bond motifs is 2. The van der Waals surface area contributed by atoms with Crippen LogP contribution in [-0.2, 0) is 22.6 Å². The molecule has 1 aliphatic heterocycles. The minimum Gasteiger partial charge on any atom is -0.383 e. The minimum absolute atomic E-state index is 0.0709. The van der Waals surface area contributed by atoms with E-state index in [0.29, 0.717) is 31.3 Å². The molecule has 8 heteroatoms. The van der Waals surface area contributed by atoms with Crippen molar-refractivity contribution in [3.63, 3.8) is 0 Å². The Kier molecular flexibility index (Phi) is 5.40. The van der Waals surface area contributed by atoms with Gasteiger partial charge in [0.15, 0.2) is 0 Å². The van der Waals surface area contributed by atoms with Crippen molar-refractivity contribution >= 4 is 39.3 Å². The van der Waals surface area contributed by atoms with Crippen LogP contribution in [0.25, 0.3) is 21.8 Å². The van der Waals surface area contributed by atoms with E-state index in [1.807, 2.05) is 41.4 Å². The second-order valence-corrected chi connectivity index (χ2v) is 8.36. The molecule has 0 radical (unpaired) electrons. The Balaban J connectivity index is 1.35. The number of H-pyrrole nitrogens is 2. The molecule has 7 nitrogen and oxygen atoms in total. The van der Waals surface area contributed by atoms with Gasteiger partial charge in [0.25, 0.3) is 0 Å². The lowest BCUT2D eigenvalue weighted by atomic mass is 10.1. The zero-order valence-corrected chi connectivity index (χ0v) is 18.0. The van der Waals surface area contributed by atoms with Gasteiger partial charge in [0.05, 0.1) is 18.8 Å².